The lowest BCUT2D eigenvalue weighted by Gasteiger charge is -2.32. The Labute approximate surface area is 267 Å². The second-order valence-corrected chi connectivity index (χ2v) is 14.6. The maximum absolute atomic E-state index is 13.3. The molecule has 2 amide bonds. The number of nitrogens with zero attached hydrogens (tertiary/aromatic N) is 3. The zero-order valence-corrected chi connectivity index (χ0v) is 26.9. The molecule has 0 saturated carbocycles. The van der Waals surface area contributed by atoms with Crippen LogP contribution >= 0.6 is 34.3 Å². The molecule has 2 aromatic carbocycles. The minimum atomic E-state index is -3.88. The van der Waals surface area contributed by atoms with Crippen molar-refractivity contribution in [3.63, 3.8) is 0 Å². The van der Waals surface area contributed by atoms with Crippen LogP contribution in [0.15, 0.2) is 58.8 Å². The van der Waals surface area contributed by atoms with Crippen LogP contribution in [0.1, 0.15) is 28.1 Å². The van der Waals surface area contributed by atoms with E-state index in [-0.39, 0.29) is 62.5 Å². The van der Waals surface area contributed by atoms with E-state index in [1.807, 2.05) is 30.3 Å². The second kappa shape index (κ2) is 14.0. The molecule has 5 rings (SSSR count). The molecule has 1 aliphatic rings. The van der Waals surface area contributed by atoms with Gasteiger partial charge in [-0.1, -0.05) is 48.0 Å². The minimum absolute atomic E-state index is 0.0698. The summed E-state index contributed by atoms with van der Waals surface area (Å²) in [4.78, 5) is 44.4. The van der Waals surface area contributed by atoms with E-state index in [0.717, 1.165) is 27.0 Å². The number of ether oxygens (including phenoxy) is 2. The third kappa shape index (κ3) is 7.74. The lowest BCUT2D eigenvalue weighted by Crippen LogP contribution is -2.51. The van der Waals surface area contributed by atoms with Gasteiger partial charge in [-0.15, -0.1) is 22.7 Å². The zero-order valence-electron chi connectivity index (χ0n) is 23.7. The Morgan fingerprint density at radius 2 is 1.86 bits per heavy atom. The van der Waals surface area contributed by atoms with Crippen molar-refractivity contribution in [3.8, 4) is 0 Å². The fraction of sp³-hybridized carbons (Fsp3) is 0.310. The van der Waals surface area contributed by atoms with E-state index < -0.39 is 22.1 Å². The molecule has 232 valence electrons. The summed E-state index contributed by atoms with van der Waals surface area (Å²) in [5.41, 5.74) is 1.28. The average molecular weight is 677 g/mol. The first-order valence-corrected chi connectivity index (χ1v) is 17.1. The van der Waals surface area contributed by atoms with Crippen molar-refractivity contribution in [1.29, 1.82) is 0 Å². The van der Waals surface area contributed by atoms with Crippen molar-refractivity contribution in [2.24, 2.45) is 0 Å². The Morgan fingerprint density at radius 3 is 2.61 bits per heavy atom. The summed E-state index contributed by atoms with van der Waals surface area (Å²) in [6.07, 6.45) is -0.721. The number of rotatable bonds is 11. The van der Waals surface area contributed by atoms with Gasteiger partial charge in [0.1, 0.15) is 15.8 Å². The van der Waals surface area contributed by atoms with Crippen molar-refractivity contribution >= 4 is 72.4 Å². The van der Waals surface area contributed by atoms with Gasteiger partial charge in [-0.05, 0) is 36.1 Å². The summed E-state index contributed by atoms with van der Waals surface area (Å²) in [6.45, 7) is 2.21. The molecule has 3 heterocycles. The van der Waals surface area contributed by atoms with Gasteiger partial charge in [0.05, 0.1) is 38.4 Å². The van der Waals surface area contributed by atoms with Gasteiger partial charge in [0.2, 0.25) is 5.91 Å². The largest absolute Gasteiger partial charge is 0.466 e. The second-order valence-electron chi connectivity index (χ2n) is 9.78. The highest BCUT2D eigenvalue weighted by Crippen LogP contribution is 2.33. The molecule has 0 spiro atoms. The molecule has 2 aromatic heterocycles. The van der Waals surface area contributed by atoms with Gasteiger partial charge in [0.25, 0.3) is 10.0 Å². The highest BCUT2D eigenvalue weighted by atomic mass is 35.5. The first-order chi connectivity index (χ1) is 21.1. The molecule has 44 heavy (non-hydrogen) atoms. The van der Waals surface area contributed by atoms with Gasteiger partial charge in [0, 0.05) is 27.7 Å². The third-order valence-corrected chi connectivity index (χ3v) is 11.4. The van der Waals surface area contributed by atoms with Crippen molar-refractivity contribution in [1.82, 2.24) is 19.5 Å². The van der Waals surface area contributed by atoms with Gasteiger partial charge in [0.15, 0.2) is 0 Å². The third-order valence-electron chi connectivity index (χ3n) is 6.71. The zero-order chi connectivity index (χ0) is 31.3. The van der Waals surface area contributed by atoms with Crippen LogP contribution in [0.4, 0.5) is 4.79 Å². The molecule has 4 aromatic rings. The summed E-state index contributed by atoms with van der Waals surface area (Å²) in [7, 11) is -3.88. The summed E-state index contributed by atoms with van der Waals surface area (Å²) in [6, 6.07) is 16.0. The molecule has 1 aliphatic heterocycles. The number of nitrogens with one attached hydrogen (secondary N) is 1. The number of carbonyl (C=O) groups excluding carboxylic acids is 3. The summed E-state index contributed by atoms with van der Waals surface area (Å²) >= 11 is 8.42. The predicted octanol–water partition coefficient (Wildman–Crippen LogP) is 4.58. The quantitative estimate of drug-likeness (QED) is 0.228. The number of aromatic nitrogens is 1. The number of hydrogen-bond donors (Lipinski definition) is 1. The standard InChI is InChI=1S/C29H29ClN4O7S3/c1-2-40-27(36)14-22-24(15-31-29(37)41-18-19-6-4-3-5-7-19)42-25(32-22)16-33-10-11-34(17-26(33)35)44(38,39)28-12-20-8-9-21(30)13-23(20)43-28/h3-9,12-13H,2,10-11,14-18H2,1H3,(H,31,37). The normalized spacial score (nSPS) is 14.1. The Kier molecular flexibility index (Phi) is 10.2. The summed E-state index contributed by atoms with van der Waals surface area (Å²) in [5, 5.41) is 4.51. The molecule has 1 fully saturated rings. The molecule has 0 atom stereocenters. The topological polar surface area (TPSA) is 135 Å². The lowest BCUT2D eigenvalue weighted by atomic mass is 10.2. The van der Waals surface area contributed by atoms with E-state index >= 15 is 0 Å². The number of fused-ring (bicyclic) bond motifs is 1. The average Bonchev–Trinajstić information content (AvgIpc) is 3.60. The van der Waals surface area contributed by atoms with Crippen molar-refractivity contribution in [2.45, 2.75) is 37.3 Å². The molecule has 11 nitrogen and oxygen atoms in total. The number of amides is 2. The van der Waals surface area contributed by atoms with Crippen LogP contribution in [-0.4, -0.2) is 66.8 Å². The minimum Gasteiger partial charge on any atom is -0.466 e. The predicted molar refractivity (Wildman–Crippen MR) is 167 cm³/mol. The Bertz CT molecular complexity index is 1780. The van der Waals surface area contributed by atoms with Gasteiger partial charge in [-0.25, -0.2) is 18.2 Å². The Hall–Kier alpha value is -3.56. The number of benzene rings is 2. The number of hydrogen-bond acceptors (Lipinski definition) is 10. The maximum atomic E-state index is 13.3. The molecule has 1 N–H and O–H groups in total. The summed E-state index contributed by atoms with van der Waals surface area (Å²) in [5.74, 6) is -0.828. The van der Waals surface area contributed by atoms with E-state index in [0.29, 0.717) is 20.6 Å². The van der Waals surface area contributed by atoms with E-state index in [1.54, 1.807) is 31.2 Å². The van der Waals surface area contributed by atoms with Gasteiger partial charge in [-0.3, -0.25) is 9.59 Å². The van der Waals surface area contributed by atoms with Gasteiger partial charge >= 0.3 is 12.1 Å². The summed E-state index contributed by atoms with van der Waals surface area (Å²) < 4.78 is 39.1. The van der Waals surface area contributed by atoms with Crippen LogP contribution in [0.3, 0.4) is 0 Å². The fourth-order valence-electron chi connectivity index (χ4n) is 4.51. The van der Waals surface area contributed by atoms with Crippen LogP contribution in [0.5, 0.6) is 0 Å². The van der Waals surface area contributed by atoms with E-state index in [1.165, 1.54) is 20.5 Å². The smallest absolute Gasteiger partial charge is 0.407 e. The SMILES string of the molecule is CCOC(=O)Cc1nc(CN2CCN(S(=O)(=O)c3cc4ccc(Cl)cc4s3)CC2=O)sc1CNC(=O)OCc1ccccc1. The van der Waals surface area contributed by atoms with Crippen molar-refractivity contribution in [3.05, 3.63) is 80.8 Å². The van der Waals surface area contributed by atoms with Crippen LogP contribution < -0.4 is 5.32 Å². The van der Waals surface area contributed by atoms with Crippen LogP contribution in [0, 0.1) is 0 Å². The Morgan fingerprint density at radius 1 is 1.07 bits per heavy atom. The highest BCUT2D eigenvalue weighted by Gasteiger charge is 2.34. The number of piperazine rings is 1. The number of carbonyl (C=O) groups is 3. The highest BCUT2D eigenvalue weighted by molar-refractivity contribution is 7.91. The van der Waals surface area contributed by atoms with E-state index in [2.05, 4.69) is 10.3 Å². The molecular formula is C29H29ClN4O7S3. The number of esters is 1. The van der Waals surface area contributed by atoms with Crippen molar-refractivity contribution in [2.75, 3.05) is 26.2 Å². The lowest BCUT2D eigenvalue weighted by molar-refractivity contribution is -0.142. The molecular weight excluding hydrogens is 648 g/mol. The molecule has 0 bridgehead atoms. The first-order valence-electron chi connectivity index (χ1n) is 13.7. The van der Waals surface area contributed by atoms with Crippen LogP contribution in [0.25, 0.3) is 10.1 Å². The van der Waals surface area contributed by atoms with E-state index in [4.69, 9.17) is 21.1 Å². The fourth-order valence-corrected chi connectivity index (χ4v) is 8.76. The van der Waals surface area contributed by atoms with Crippen LogP contribution in [-0.2, 0) is 55.2 Å². The van der Waals surface area contributed by atoms with Crippen molar-refractivity contribution < 1.29 is 32.3 Å². The van der Waals surface area contributed by atoms with E-state index in [9.17, 15) is 22.8 Å². The van der Waals surface area contributed by atoms with Crippen LogP contribution in [0.2, 0.25) is 5.02 Å². The molecule has 1 saturated heterocycles. The molecule has 0 aliphatic carbocycles. The van der Waals surface area contributed by atoms with Gasteiger partial charge in [-0.2, -0.15) is 4.31 Å². The molecule has 15 heteroatoms. The first kappa shape index (κ1) is 31.9. The molecule has 0 radical (unpaired) electrons. The monoisotopic (exact) mass is 676 g/mol. The number of thiophene rings is 1. The maximum Gasteiger partial charge on any atom is 0.407 e. The molecule has 0 unspecified atom stereocenters. The number of halogens is 1. The number of sulfonamides is 1. The van der Waals surface area contributed by atoms with Gasteiger partial charge < -0.3 is 19.7 Å². The number of thiazole rings is 1. The Balaban J connectivity index is 1.23. The number of alkyl carbamates (subject to hydrolysis) is 1.